The number of rotatable bonds is 0. The van der Waals surface area contributed by atoms with Crippen molar-refractivity contribution in [1.82, 2.24) is 0 Å². The summed E-state index contributed by atoms with van der Waals surface area (Å²) in [5, 5.41) is 21.9. The molecule has 3 nitrogen and oxygen atoms in total. The summed E-state index contributed by atoms with van der Waals surface area (Å²) in [6, 6.07) is 17.4. The standard InChI is InChI=1S/2C6H6O.H5NSi/c2*7-6-4-2-1-3-5-6;1-2/h2*1-5,7H;1H2,2H3. The molecule has 0 bridgehead atoms. The molecule has 0 atom stereocenters. The highest BCUT2D eigenvalue weighted by Crippen LogP contribution is 2.03. The molecule has 0 aromatic heterocycles. The molecular formula is C12H17NO2Si. The molecule has 0 fully saturated rings. The molecule has 0 heterocycles. The maximum Gasteiger partial charge on any atom is 0.115 e. The van der Waals surface area contributed by atoms with Crippen molar-refractivity contribution in [1.29, 1.82) is 0 Å². The van der Waals surface area contributed by atoms with Gasteiger partial charge in [0.25, 0.3) is 0 Å². The van der Waals surface area contributed by atoms with E-state index in [2.05, 4.69) is 5.40 Å². The average molecular weight is 235 g/mol. The fraction of sp³-hybridized carbons (Fsp3) is 0. The van der Waals surface area contributed by atoms with Crippen LogP contribution in [-0.4, -0.2) is 20.6 Å². The van der Waals surface area contributed by atoms with E-state index in [1.165, 1.54) is 0 Å². The Bertz CT molecular complexity index is 316. The van der Waals surface area contributed by atoms with Gasteiger partial charge in [0, 0.05) is 0 Å². The summed E-state index contributed by atoms with van der Waals surface area (Å²) in [7, 11) is 0.806. The summed E-state index contributed by atoms with van der Waals surface area (Å²) in [4.78, 5) is 0. The van der Waals surface area contributed by atoms with Gasteiger partial charge < -0.3 is 15.6 Å². The SMILES string of the molecule is N[SiH3].Oc1ccccc1.Oc1ccccc1. The summed E-state index contributed by atoms with van der Waals surface area (Å²) >= 11 is 0. The summed E-state index contributed by atoms with van der Waals surface area (Å²) < 4.78 is 0. The third-order valence-electron chi connectivity index (χ3n) is 1.51. The van der Waals surface area contributed by atoms with Crippen LogP contribution in [0, 0.1) is 0 Å². The van der Waals surface area contributed by atoms with Gasteiger partial charge in [0.1, 0.15) is 11.5 Å². The molecule has 2 aromatic rings. The maximum absolute atomic E-state index is 8.63. The van der Waals surface area contributed by atoms with Crippen LogP contribution in [0.4, 0.5) is 0 Å². The Hall–Kier alpha value is -1.78. The number of benzene rings is 2. The van der Waals surface area contributed by atoms with Crippen LogP contribution in [0.25, 0.3) is 0 Å². The molecule has 4 N–H and O–H groups in total. The highest BCUT2D eigenvalue weighted by atomic mass is 28.2. The number of hydrogen-bond acceptors (Lipinski definition) is 3. The minimum Gasteiger partial charge on any atom is -0.508 e. The molecule has 2 rings (SSSR count). The van der Waals surface area contributed by atoms with Crippen molar-refractivity contribution >= 4 is 10.4 Å². The lowest BCUT2D eigenvalue weighted by Gasteiger charge is -1.82. The van der Waals surface area contributed by atoms with Gasteiger partial charge in [-0.25, -0.2) is 0 Å². The Morgan fingerprint density at radius 3 is 1.00 bits per heavy atom. The third kappa shape index (κ3) is 7.60. The number of phenols is 2. The van der Waals surface area contributed by atoms with Gasteiger partial charge in [0.15, 0.2) is 0 Å². The van der Waals surface area contributed by atoms with E-state index in [0.717, 1.165) is 10.4 Å². The minimum absolute atomic E-state index is 0.322. The molecular weight excluding hydrogens is 218 g/mol. The van der Waals surface area contributed by atoms with Gasteiger partial charge >= 0.3 is 0 Å². The van der Waals surface area contributed by atoms with Crippen LogP contribution < -0.4 is 5.40 Å². The largest absolute Gasteiger partial charge is 0.508 e. The molecule has 0 aliphatic carbocycles. The van der Waals surface area contributed by atoms with Gasteiger partial charge in [-0.05, 0) is 24.3 Å². The van der Waals surface area contributed by atoms with E-state index in [1.807, 2.05) is 12.1 Å². The lowest BCUT2D eigenvalue weighted by atomic mass is 10.3. The van der Waals surface area contributed by atoms with Gasteiger partial charge in [0.2, 0.25) is 0 Å². The summed E-state index contributed by atoms with van der Waals surface area (Å²) in [5.74, 6) is 0.644. The zero-order valence-electron chi connectivity index (χ0n) is 9.25. The first-order valence-electron chi connectivity index (χ1n) is 4.85. The maximum atomic E-state index is 8.63. The smallest absolute Gasteiger partial charge is 0.115 e. The number of phenolic OH excluding ortho intramolecular Hbond substituents is 2. The molecule has 0 saturated carbocycles. The van der Waals surface area contributed by atoms with Crippen LogP contribution in [0.1, 0.15) is 0 Å². The zero-order valence-corrected chi connectivity index (χ0v) is 11.2. The summed E-state index contributed by atoms with van der Waals surface area (Å²) in [6.07, 6.45) is 0. The topological polar surface area (TPSA) is 66.5 Å². The average Bonchev–Trinajstić information content (AvgIpc) is 2.34. The molecule has 0 amide bonds. The number of hydrogen-bond donors (Lipinski definition) is 3. The van der Waals surface area contributed by atoms with Crippen molar-refractivity contribution in [3.63, 3.8) is 0 Å². The van der Waals surface area contributed by atoms with Crippen LogP contribution in [-0.2, 0) is 0 Å². The Labute approximate surface area is 98.7 Å². The van der Waals surface area contributed by atoms with Gasteiger partial charge in [-0.3, -0.25) is 0 Å². The van der Waals surface area contributed by atoms with Crippen LogP contribution in [0.15, 0.2) is 60.7 Å². The van der Waals surface area contributed by atoms with E-state index < -0.39 is 0 Å². The first kappa shape index (κ1) is 14.2. The summed E-state index contributed by atoms with van der Waals surface area (Å²) in [5.41, 5.74) is 0. The fourth-order valence-electron chi connectivity index (χ4n) is 0.856. The van der Waals surface area contributed by atoms with Crippen LogP contribution in [0.2, 0.25) is 0 Å². The lowest BCUT2D eigenvalue weighted by Crippen LogP contribution is -1.75. The normalized spacial score (nSPS) is 8.06. The predicted octanol–water partition coefficient (Wildman–Crippen LogP) is 1.01. The highest BCUT2D eigenvalue weighted by Gasteiger charge is 1.75. The number of aromatic hydroxyl groups is 2. The van der Waals surface area contributed by atoms with E-state index in [0.29, 0.717) is 11.5 Å². The Balaban J connectivity index is 0.000000244. The fourth-order valence-corrected chi connectivity index (χ4v) is 0.856. The first-order valence-corrected chi connectivity index (χ1v) is 6.00. The zero-order chi connectivity index (χ0) is 12.2. The molecule has 0 radical (unpaired) electrons. The van der Waals surface area contributed by atoms with Gasteiger partial charge in [-0.2, -0.15) is 0 Å². The second-order valence-electron chi connectivity index (χ2n) is 2.67. The lowest BCUT2D eigenvalue weighted by molar-refractivity contribution is 0.475. The molecule has 0 unspecified atom stereocenters. The predicted molar refractivity (Wildman–Crippen MR) is 70.3 cm³/mol. The van der Waals surface area contributed by atoms with Crippen LogP contribution in [0.5, 0.6) is 11.5 Å². The third-order valence-corrected chi connectivity index (χ3v) is 1.51. The molecule has 0 saturated heterocycles. The monoisotopic (exact) mass is 235 g/mol. The second kappa shape index (κ2) is 9.76. The van der Waals surface area contributed by atoms with Gasteiger partial charge in [-0.15, -0.1) is 0 Å². The van der Waals surface area contributed by atoms with Crippen LogP contribution >= 0.6 is 0 Å². The van der Waals surface area contributed by atoms with E-state index in [4.69, 9.17) is 10.2 Å². The molecule has 16 heavy (non-hydrogen) atoms. The molecule has 0 aliphatic rings. The molecule has 4 heteroatoms. The second-order valence-corrected chi connectivity index (χ2v) is 2.67. The Morgan fingerprint density at radius 2 is 0.875 bits per heavy atom. The molecule has 0 spiro atoms. The van der Waals surface area contributed by atoms with Crippen molar-refractivity contribution in [3.8, 4) is 11.5 Å². The van der Waals surface area contributed by atoms with E-state index in [1.54, 1.807) is 48.5 Å². The quantitative estimate of drug-likeness (QED) is 0.597. The Kier molecular flexibility index (Phi) is 8.67. The van der Waals surface area contributed by atoms with Gasteiger partial charge in [0.05, 0.1) is 10.4 Å². The van der Waals surface area contributed by atoms with E-state index in [-0.39, 0.29) is 0 Å². The molecule has 0 aliphatic heterocycles. The van der Waals surface area contributed by atoms with Crippen molar-refractivity contribution in [3.05, 3.63) is 60.7 Å². The van der Waals surface area contributed by atoms with Gasteiger partial charge in [-0.1, -0.05) is 36.4 Å². The minimum atomic E-state index is 0.322. The summed E-state index contributed by atoms with van der Waals surface area (Å²) in [6.45, 7) is 0. The first-order chi connectivity index (χ1) is 7.79. The Morgan fingerprint density at radius 1 is 0.625 bits per heavy atom. The molecule has 2 aromatic carbocycles. The number of para-hydroxylation sites is 2. The van der Waals surface area contributed by atoms with Crippen molar-refractivity contribution in [2.45, 2.75) is 0 Å². The van der Waals surface area contributed by atoms with Crippen molar-refractivity contribution in [2.75, 3.05) is 0 Å². The molecule has 86 valence electrons. The van der Waals surface area contributed by atoms with Crippen molar-refractivity contribution < 1.29 is 10.2 Å². The highest BCUT2D eigenvalue weighted by molar-refractivity contribution is 6.02. The van der Waals surface area contributed by atoms with Crippen molar-refractivity contribution in [2.24, 2.45) is 5.40 Å². The number of nitrogens with two attached hydrogens (primary N) is 1. The van der Waals surface area contributed by atoms with Crippen LogP contribution in [0.3, 0.4) is 0 Å². The van der Waals surface area contributed by atoms with E-state index >= 15 is 0 Å². The van der Waals surface area contributed by atoms with E-state index in [9.17, 15) is 0 Å².